The van der Waals surface area contributed by atoms with Crippen LogP contribution in [-0.2, 0) is 40.9 Å². The molecule has 0 radical (unpaired) electrons. The number of nitrogens with zero attached hydrogens (tertiary/aromatic N) is 6. The molecule has 1 aliphatic rings. The third kappa shape index (κ3) is 6.54. The van der Waals surface area contributed by atoms with Gasteiger partial charge in [-0.2, -0.15) is 0 Å². The number of esters is 1. The van der Waals surface area contributed by atoms with Crippen LogP contribution in [0.3, 0.4) is 0 Å². The number of pyridine rings is 1. The summed E-state index contributed by atoms with van der Waals surface area (Å²) in [5.74, 6) is -4.48. The second-order valence-electron chi connectivity index (χ2n) is 9.09. The molecule has 0 bridgehead atoms. The Labute approximate surface area is 209 Å². The first kappa shape index (κ1) is 27.4. The quantitative estimate of drug-likeness (QED) is 0.477. The van der Waals surface area contributed by atoms with E-state index in [1.807, 2.05) is 19.9 Å². The number of aromatic nitrogens is 4. The number of halogens is 2. The second kappa shape index (κ2) is 11.7. The third-order valence-corrected chi connectivity index (χ3v) is 6.20. The van der Waals surface area contributed by atoms with E-state index in [0.717, 1.165) is 17.7 Å². The highest BCUT2D eigenvalue weighted by atomic mass is 19.3. The van der Waals surface area contributed by atoms with E-state index in [1.54, 1.807) is 25.1 Å². The predicted octanol–water partition coefficient (Wildman–Crippen LogP) is 3.05. The van der Waals surface area contributed by atoms with E-state index in [4.69, 9.17) is 14.5 Å². The Morgan fingerprint density at radius 2 is 2.03 bits per heavy atom. The standard InChI is InChI=1S/C24H34F2N6O4/c1-6-10-30(3)23(34)36-14-20-21(28-29-31(20)4)19-9-8-16(18(7-2)27-19)12-32-13-17(22(33)35-5)11-24(25,26)15-32/h8-9,17H,6-7,10-15H2,1-5H3. The van der Waals surface area contributed by atoms with Crippen LogP contribution in [0.1, 0.15) is 43.6 Å². The Hall–Kier alpha value is -3.15. The zero-order valence-corrected chi connectivity index (χ0v) is 21.5. The SMILES string of the molecule is CCCN(C)C(=O)OCc1c(-c2ccc(CN3CC(C(=O)OC)CC(F)(F)C3)c(CC)n2)nnn1C. The molecule has 36 heavy (non-hydrogen) atoms. The average molecular weight is 509 g/mol. The van der Waals surface area contributed by atoms with Crippen LogP contribution in [0, 0.1) is 5.92 Å². The highest BCUT2D eigenvalue weighted by Crippen LogP contribution is 2.32. The van der Waals surface area contributed by atoms with Crippen molar-refractivity contribution in [2.75, 3.05) is 33.8 Å². The molecular weight excluding hydrogens is 474 g/mol. The van der Waals surface area contributed by atoms with Crippen LogP contribution in [0.5, 0.6) is 0 Å². The van der Waals surface area contributed by atoms with Gasteiger partial charge < -0.3 is 14.4 Å². The van der Waals surface area contributed by atoms with Gasteiger partial charge in [-0.05, 0) is 24.5 Å². The predicted molar refractivity (Wildman–Crippen MR) is 127 cm³/mol. The van der Waals surface area contributed by atoms with E-state index < -0.39 is 36.9 Å². The van der Waals surface area contributed by atoms with Gasteiger partial charge in [0.05, 0.1) is 25.3 Å². The number of ether oxygens (including phenoxy) is 2. The minimum atomic E-state index is -2.98. The Morgan fingerprint density at radius 3 is 2.69 bits per heavy atom. The van der Waals surface area contributed by atoms with Crippen molar-refractivity contribution in [2.24, 2.45) is 13.0 Å². The molecule has 0 spiro atoms. The molecule has 1 unspecified atom stereocenters. The fraction of sp³-hybridized carbons (Fsp3) is 0.625. The summed E-state index contributed by atoms with van der Waals surface area (Å²) < 4.78 is 40.3. The number of alkyl halides is 2. The summed E-state index contributed by atoms with van der Waals surface area (Å²) in [6.07, 6.45) is 0.436. The summed E-state index contributed by atoms with van der Waals surface area (Å²) >= 11 is 0. The number of hydrogen-bond donors (Lipinski definition) is 0. The molecule has 198 valence electrons. The summed E-state index contributed by atoms with van der Waals surface area (Å²) in [7, 11) is 4.59. The topological polar surface area (TPSA) is 103 Å². The number of hydrogen-bond acceptors (Lipinski definition) is 8. The second-order valence-corrected chi connectivity index (χ2v) is 9.09. The van der Waals surface area contributed by atoms with Crippen molar-refractivity contribution < 1.29 is 27.8 Å². The zero-order chi connectivity index (χ0) is 26.5. The lowest BCUT2D eigenvalue weighted by molar-refractivity contribution is -0.157. The van der Waals surface area contributed by atoms with E-state index >= 15 is 0 Å². The lowest BCUT2D eigenvalue weighted by atomic mass is 9.94. The maximum absolute atomic E-state index is 14.3. The number of piperidine rings is 1. The number of rotatable bonds is 9. The molecule has 3 rings (SSSR count). The van der Waals surface area contributed by atoms with E-state index in [1.165, 1.54) is 16.7 Å². The normalized spacial score (nSPS) is 17.6. The first-order valence-electron chi connectivity index (χ1n) is 12.0. The monoisotopic (exact) mass is 508 g/mol. The lowest BCUT2D eigenvalue weighted by Crippen LogP contribution is -2.49. The maximum atomic E-state index is 14.3. The van der Waals surface area contributed by atoms with E-state index in [0.29, 0.717) is 30.0 Å². The molecular formula is C24H34F2N6O4. The Morgan fingerprint density at radius 1 is 1.28 bits per heavy atom. The number of methoxy groups -OCH3 is 1. The first-order chi connectivity index (χ1) is 17.1. The molecule has 1 saturated heterocycles. The Kier molecular flexibility index (Phi) is 8.93. The van der Waals surface area contributed by atoms with Crippen LogP contribution >= 0.6 is 0 Å². The van der Waals surface area contributed by atoms with Gasteiger partial charge in [-0.25, -0.2) is 18.3 Å². The maximum Gasteiger partial charge on any atom is 0.409 e. The van der Waals surface area contributed by atoms with Crippen molar-refractivity contribution in [3.63, 3.8) is 0 Å². The molecule has 0 N–H and O–H groups in total. The number of aryl methyl sites for hydroxylation is 2. The van der Waals surface area contributed by atoms with Gasteiger partial charge in [-0.15, -0.1) is 5.10 Å². The minimum absolute atomic E-state index is 0.0195. The van der Waals surface area contributed by atoms with E-state index in [9.17, 15) is 18.4 Å². The number of carbonyl (C=O) groups excluding carboxylic acids is 2. The van der Waals surface area contributed by atoms with E-state index in [2.05, 4.69) is 10.3 Å². The minimum Gasteiger partial charge on any atom is -0.469 e. The smallest absolute Gasteiger partial charge is 0.409 e. The largest absolute Gasteiger partial charge is 0.469 e. The van der Waals surface area contributed by atoms with Crippen molar-refractivity contribution in [3.05, 3.63) is 29.1 Å². The molecule has 3 heterocycles. The molecule has 10 nitrogen and oxygen atoms in total. The third-order valence-electron chi connectivity index (χ3n) is 6.20. The fourth-order valence-corrected chi connectivity index (χ4v) is 4.40. The van der Waals surface area contributed by atoms with E-state index in [-0.39, 0.29) is 19.7 Å². The van der Waals surface area contributed by atoms with Gasteiger partial charge >= 0.3 is 12.1 Å². The average Bonchev–Trinajstić information content (AvgIpc) is 3.21. The van der Waals surface area contributed by atoms with Crippen molar-refractivity contribution in [3.8, 4) is 11.4 Å². The summed E-state index contributed by atoms with van der Waals surface area (Å²) in [4.78, 5) is 31.9. The van der Waals surface area contributed by atoms with Gasteiger partial charge in [0.25, 0.3) is 5.92 Å². The molecule has 2 aromatic heterocycles. The molecule has 2 aromatic rings. The Balaban J connectivity index is 1.79. The van der Waals surface area contributed by atoms with Gasteiger partial charge in [0.2, 0.25) is 0 Å². The summed E-state index contributed by atoms with van der Waals surface area (Å²) in [6, 6.07) is 3.59. The van der Waals surface area contributed by atoms with Gasteiger partial charge in [-0.1, -0.05) is 25.1 Å². The molecule has 12 heteroatoms. The first-order valence-corrected chi connectivity index (χ1v) is 12.0. The highest BCUT2D eigenvalue weighted by molar-refractivity contribution is 5.72. The van der Waals surface area contributed by atoms with Crippen LogP contribution in [0.4, 0.5) is 13.6 Å². The number of likely N-dealkylation sites (tertiary alicyclic amines) is 1. The van der Waals surface area contributed by atoms with Crippen LogP contribution in [0.25, 0.3) is 11.4 Å². The van der Waals surface area contributed by atoms with Crippen LogP contribution < -0.4 is 0 Å². The Bertz CT molecular complexity index is 1080. The summed E-state index contributed by atoms with van der Waals surface area (Å²) in [5, 5.41) is 8.27. The summed E-state index contributed by atoms with van der Waals surface area (Å²) in [6.45, 7) is 4.46. The van der Waals surface area contributed by atoms with Crippen LogP contribution in [-0.4, -0.2) is 81.6 Å². The van der Waals surface area contributed by atoms with Gasteiger partial charge in [0.1, 0.15) is 18.0 Å². The van der Waals surface area contributed by atoms with Crippen molar-refractivity contribution >= 4 is 12.1 Å². The molecule has 1 fully saturated rings. The van der Waals surface area contributed by atoms with Crippen molar-refractivity contribution in [1.82, 2.24) is 29.8 Å². The number of carbonyl (C=O) groups is 2. The van der Waals surface area contributed by atoms with Crippen molar-refractivity contribution in [1.29, 1.82) is 0 Å². The van der Waals surface area contributed by atoms with Crippen LogP contribution in [0.15, 0.2) is 12.1 Å². The van der Waals surface area contributed by atoms with Gasteiger partial charge in [0, 0.05) is 45.8 Å². The molecule has 1 amide bonds. The lowest BCUT2D eigenvalue weighted by Gasteiger charge is -2.36. The molecule has 1 aliphatic heterocycles. The summed E-state index contributed by atoms with van der Waals surface area (Å²) in [5.41, 5.74) is 3.15. The van der Waals surface area contributed by atoms with Gasteiger partial charge in [0.15, 0.2) is 0 Å². The fourth-order valence-electron chi connectivity index (χ4n) is 4.40. The molecule has 0 saturated carbocycles. The van der Waals surface area contributed by atoms with Gasteiger partial charge in [-0.3, -0.25) is 14.7 Å². The highest BCUT2D eigenvalue weighted by Gasteiger charge is 2.43. The number of amides is 1. The zero-order valence-electron chi connectivity index (χ0n) is 21.5. The van der Waals surface area contributed by atoms with Crippen molar-refractivity contribution in [2.45, 2.75) is 52.2 Å². The molecule has 1 atom stereocenters. The van der Waals surface area contributed by atoms with Crippen LogP contribution in [0.2, 0.25) is 0 Å². The molecule has 0 aliphatic carbocycles. The molecule has 0 aromatic carbocycles.